The van der Waals surface area contributed by atoms with Gasteiger partial charge in [-0.05, 0) is 64.4 Å². The Morgan fingerprint density at radius 3 is 2.58 bits per heavy atom. The summed E-state index contributed by atoms with van der Waals surface area (Å²) in [5.74, 6) is -0.713. The minimum Gasteiger partial charge on any atom is -0.367 e. The number of fused-ring (bicyclic) bond motifs is 1. The number of hydrogen-bond acceptors (Lipinski definition) is 9. The van der Waals surface area contributed by atoms with Gasteiger partial charge in [0.2, 0.25) is 5.28 Å². The molecular weight excluding hydrogens is 440 g/mol. The van der Waals surface area contributed by atoms with E-state index in [-0.39, 0.29) is 17.6 Å². The maximum absolute atomic E-state index is 8.08. The number of halogens is 1. The van der Waals surface area contributed by atoms with Gasteiger partial charge < -0.3 is 20.3 Å². The Labute approximate surface area is 192 Å². The Balaban J connectivity index is 0.000000491. The van der Waals surface area contributed by atoms with Crippen LogP contribution < -0.4 is 5.32 Å². The zero-order valence-electron chi connectivity index (χ0n) is 18.6. The molecule has 2 aromatic heterocycles. The molecule has 1 saturated heterocycles. The van der Waals surface area contributed by atoms with Crippen molar-refractivity contribution in [2.24, 2.45) is 0 Å². The second-order valence-electron chi connectivity index (χ2n) is 8.57. The molecule has 3 heterocycles. The molecule has 11 heteroatoms. The smallest absolute Gasteiger partial charge is 0.226 e. The van der Waals surface area contributed by atoms with Gasteiger partial charge in [-0.3, -0.25) is 4.31 Å². The van der Waals surface area contributed by atoms with Gasteiger partial charge in [-0.15, -0.1) is 0 Å². The number of nitrogens with zero attached hydrogens (tertiary/aromatic N) is 5. The summed E-state index contributed by atoms with van der Waals surface area (Å²) >= 11 is 7.92. The molecule has 31 heavy (non-hydrogen) atoms. The summed E-state index contributed by atoms with van der Waals surface area (Å²) in [6.07, 6.45) is 10.8. The average molecular weight is 473 g/mol. The summed E-state index contributed by atoms with van der Waals surface area (Å²) < 4.78 is 10.3. The van der Waals surface area contributed by atoms with E-state index < -0.39 is 5.79 Å². The second kappa shape index (κ2) is 10.6. The molecule has 0 radical (unpaired) electrons. The fraction of sp³-hybridized carbons (Fsp3) is 0.750. The van der Waals surface area contributed by atoms with Crippen LogP contribution in [0.4, 0.5) is 5.82 Å². The van der Waals surface area contributed by atoms with Crippen LogP contribution in [0.25, 0.3) is 11.0 Å². The van der Waals surface area contributed by atoms with E-state index in [1.807, 2.05) is 10.9 Å². The maximum atomic E-state index is 8.08. The molecule has 0 spiro atoms. The minimum absolute atomic E-state index is 0.0990. The summed E-state index contributed by atoms with van der Waals surface area (Å²) in [7, 11) is 2.08. The van der Waals surface area contributed by atoms with Crippen LogP contribution in [-0.4, -0.2) is 72.0 Å². The van der Waals surface area contributed by atoms with Crippen molar-refractivity contribution in [1.82, 2.24) is 24.1 Å². The van der Waals surface area contributed by atoms with Gasteiger partial charge in [0.25, 0.3) is 0 Å². The lowest BCUT2D eigenvalue weighted by Crippen LogP contribution is -2.24. The Bertz CT molecular complexity index is 849. The number of aromatic nitrogens is 4. The number of nitrogens with one attached hydrogen (secondary N) is 1. The molecule has 0 bridgehead atoms. The molecule has 2 unspecified atom stereocenters. The van der Waals surface area contributed by atoms with Crippen LogP contribution >= 0.6 is 23.5 Å². The van der Waals surface area contributed by atoms with Gasteiger partial charge in [-0.25, -0.2) is 4.68 Å². The van der Waals surface area contributed by atoms with Crippen molar-refractivity contribution in [3.63, 3.8) is 0 Å². The predicted octanol–water partition coefficient (Wildman–Crippen LogP) is 3.43. The second-order valence-corrected chi connectivity index (χ2v) is 9.90. The standard InChI is InChI=1S/C17H25ClN6OS.C3H8O2/c1-23(26-2)10-12-7-8-14(25-12)24-16-13(9-19-24)15(21-17(18)22-16)20-11-5-3-4-6-11;1-3(2,4)5/h9,11-12,14H,3-8,10H2,1-2H3,(H,20,21,22);4-5H,1-2H3. The first-order valence-electron chi connectivity index (χ1n) is 10.7. The zero-order chi connectivity index (χ0) is 22.6. The number of rotatable bonds is 6. The van der Waals surface area contributed by atoms with Gasteiger partial charge in [-0.1, -0.05) is 24.8 Å². The molecule has 2 atom stereocenters. The number of anilines is 1. The quantitative estimate of drug-likeness (QED) is 0.331. The highest BCUT2D eigenvalue weighted by Gasteiger charge is 2.30. The van der Waals surface area contributed by atoms with E-state index in [0.29, 0.717) is 6.04 Å². The van der Waals surface area contributed by atoms with Gasteiger partial charge in [0, 0.05) is 12.6 Å². The number of hydrogen-bond donors (Lipinski definition) is 3. The molecule has 3 N–H and O–H groups in total. The Hall–Kier alpha value is -1.17. The number of ether oxygens (including phenoxy) is 1. The first-order valence-corrected chi connectivity index (χ1v) is 12.2. The molecule has 9 nitrogen and oxygen atoms in total. The average Bonchev–Trinajstić information content (AvgIpc) is 3.40. The van der Waals surface area contributed by atoms with Gasteiger partial charge in [0.05, 0.1) is 17.7 Å². The van der Waals surface area contributed by atoms with Crippen molar-refractivity contribution in [3.8, 4) is 0 Å². The molecule has 1 saturated carbocycles. The molecule has 4 rings (SSSR count). The number of likely N-dealkylation sites (N-methyl/N-ethyl adjacent to an activating group) is 1. The molecule has 0 aromatic carbocycles. The molecule has 1 aliphatic heterocycles. The number of aliphatic hydroxyl groups is 2. The van der Waals surface area contributed by atoms with Crippen molar-refractivity contribution in [1.29, 1.82) is 0 Å². The molecule has 1 aliphatic carbocycles. The molecular formula is C20H33ClN6O3S. The van der Waals surface area contributed by atoms with Crippen LogP contribution in [0.15, 0.2) is 6.20 Å². The highest BCUT2D eigenvalue weighted by molar-refractivity contribution is 7.96. The first kappa shape index (κ1) is 24.5. The SMILES string of the molecule is CC(C)(O)O.CSN(C)CC1CCC(n2ncc3c(NC4CCCC4)nc(Cl)nc32)O1. The van der Waals surface area contributed by atoms with E-state index in [0.717, 1.165) is 36.2 Å². The lowest BCUT2D eigenvalue weighted by atomic mass is 10.2. The van der Waals surface area contributed by atoms with Gasteiger partial charge in [0.15, 0.2) is 17.7 Å². The summed E-state index contributed by atoms with van der Waals surface area (Å²) in [4.78, 5) is 8.85. The van der Waals surface area contributed by atoms with Crippen molar-refractivity contribution in [2.75, 3.05) is 25.2 Å². The summed E-state index contributed by atoms with van der Waals surface area (Å²) in [6, 6.07) is 0.460. The largest absolute Gasteiger partial charge is 0.367 e. The predicted molar refractivity (Wildman–Crippen MR) is 124 cm³/mol. The highest BCUT2D eigenvalue weighted by atomic mass is 35.5. The Morgan fingerprint density at radius 2 is 1.94 bits per heavy atom. The first-order chi connectivity index (χ1) is 14.6. The van der Waals surface area contributed by atoms with Crippen LogP contribution in [0.2, 0.25) is 5.28 Å². The lowest BCUT2D eigenvalue weighted by molar-refractivity contribution is -0.127. The molecule has 174 valence electrons. The summed E-state index contributed by atoms with van der Waals surface area (Å²) in [5.41, 5.74) is 0.745. The van der Waals surface area contributed by atoms with E-state index in [1.165, 1.54) is 39.5 Å². The van der Waals surface area contributed by atoms with Crippen LogP contribution in [0.1, 0.15) is 58.6 Å². The van der Waals surface area contributed by atoms with E-state index in [9.17, 15) is 0 Å². The zero-order valence-corrected chi connectivity index (χ0v) is 20.2. The molecule has 0 amide bonds. The van der Waals surface area contributed by atoms with Crippen molar-refractivity contribution in [2.45, 2.75) is 76.5 Å². The van der Waals surface area contributed by atoms with Gasteiger partial charge in [-0.2, -0.15) is 15.1 Å². The van der Waals surface area contributed by atoms with Crippen LogP contribution in [0.5, 0.6) is 0 Å². The Morgan fingerprint density at radius 1 is 1.26 bits per heavy atom. The van der Waals surface area contributed by atoms with E-state index in [1.54, 1.807) is 11.9 Å². The van der Waals surface area contributed by atoms with Gasteiger partial charge >= 0.3 is 0 Å². The van der Waals surface area contributed by atoms with Crippen molar-refractivity contribution < 1.29 is 14.9 Å². The third-order valence-corrected chi connectivity index (χ3v) is 6.19. The van der Waals surface area contributed by atoms with Crippen LogP contribution in [0, 0.1) is 0 Å². The van der Waals surface area contributed by atoms with Crippen molar-refractivity contribution >= 4 is 40.4 Å². The third-order valence-electron chi connectivity index (χ3n) is 5.25. The van der Waals surface area contributed by atoms with E-state index in [4.69, 9.17) is 26.6 Å². The van der Waals surface area contributed by atoms with Crippen molar-refractivity contribution in [3.05, 3.63) is 11.5 Å². The third kappa shape index (κ3) is 7.16. The van der Waals surface area contributed by atoms with Crippen LogP contribution in [0.3, 0.4) is 0 Å². The van der Waals surface area contributed by atoms with Crippen LogP contribution in [-0.2, 0) is 4.74 Å². The van der Waals surface area contributed by atoms with E-state index in [2.05, 4.69) is 38.0 Å². The highest BCUT2D eigenvalue weighted by Crippen LogP contribution is 2.33. The van der Waals surface area contributed by atoms with Gasteiger partial charge in [0.1, 0.15) is 5.82 Å². The summed E-state index contributed by atoms with van der Waals surface area (Å²) in [6.45, 7) is 3.50. The fourth-order valence-electron chi connectivity index (χ4n) is 3.85. The lowest BCUT2D eigenvalue weighted by Gasteiger charge is -2.19. The van der Waals surface area contributed by atoms with E-state index >= 15 is 0 Å². The molecule has 2 aromatic rings. The fourth-order valence-corrected chi connectivity index (χ4v) is 4.33. The summed E-state index contributed by atoms with van der Waals surface area (Å²) in [5, 5.41) is 25.4. The minimum atomic E-state index is -1.50. The Kier molecular flexibility index (Phi) is 8.39. The monoisotopic (exact) mass is 472 g/mol. The molecule has 2 fully saturated rings. The topological polar surface area (TPSA) is 109 Å². The maximum Gasteiger partial charge on any atom is 0.226 e. The molecule has 2 aliphatic rings. The normalized spacial score (nSPS) is 22.2.